The molecule has 0 spiro atoms. The molecule has 2 nitrogen and oxygen atoms in total. The molecule has 1 fully saturated rings. The maximum absolute atomic E-state index is 5.76. The lowest BCUT2D eigenvalue weighted by atomic mass is 9.71. The molecule has 0 saturated heterocycles. The second-order valence-electron chi connectivity index (χ2n) is 6.83. The Morgan fingerprint density at radius 1 is 1.19 bits per heavy atom. The molecular weight excluding hydrogens is 258 g/mol. The van der Waals surface area contributed by atoms with Crippen LogP contribution in [0.1, 0.15) is 58.4 Å². The van der Waals surface area contributed by atoms with Gasteiger partial charge in [0.25, 0.3) is 0 Å². The maximum Gasteiger partial charge on any atom is 0.119 e. The molecule has 0 aromatic heterocycles. The Balaban J connectivity index is 2.08. The Kier molecular flexibility index (Phi) is 6.10. The summed E-state index contributed by atoms with van der Waals surface area (Å²) < 4.78 is 5.76. The van der Waals surface area contributed by atoms with Crippen molar-refractivity contribution < 1.29 is 4.74 Å². The third-order valence-corrected chi connectivity index (χ3v) is 4.59. The van der Waals surface area contributed by atoms with E-state index in [1.54, 1.807) is 0 Å². The van der Waals surface area contributed by atoms with Crippen LogP contribution in [0.3, 0.4) is 0 Å². The van der Waals surface area contributed by atoms with Crippen molar-refractivity contribution in [3.8, 4) is 5.75 Å². The van der Waals surface area contributed by atoms with Gasteiger partial charge in [0, 0.05) is 0 Å². The summed E-state index contributed by atoms with van der Waals surface area (Å²) >= 11 is 0. The zero-order valence-corrected chi connectivity index (χ0v) is 14.1. The standard InChI is InChI=1S/C19H31NO/c1-5-20-13-17-7-6-15(4)12-19(17)16-8-10-18(11-9-16)21-14(2)3/h8-11,14-15,17,19-20H,5-7,12-13H2,1-4H3. The monoisotopic (exact) mass is 289 g/mol. The summed E-state index contributed by atoms with van der Waals surface area (Å²) in [5.74, 6) is 3.30. The van der Waals surface area contributed by atoms with Crippen molar-refractivity contribution in [3.05, 3.63) is 29.8 Å². The summed E-state index contributed by atoms with van der Waals surface area (Å²) in [6.45, 7) is 11.0. The molecule has 1 N–H and O–H groups in total. The summed E-state index contributed by atoms with van der Waals surface area (Å²) in [7, 11) is 0. The van der Waals surface area contributed by atoms with Gasteiger partial charge in [0.05, 0.1) is 6.10 Å². The lowest BCUT2D eigenvalue weighted by molar-refractivity contribution is 0.238. The van der Waals surface area contributed by atoms with Crippen molar-refractivity contribution in [2.45, 2.75) is 59.0 Å². The van der Waals surface area contributed by atoms with Gasteiger partial charge in [0.1, 0.15) is 5.75 Å². The van der Waals surface area contributed by atoms with Crippen molar-refractivity contribution in [1.29, 1.82) is 0 Å². The summed E-state index contributed by atoms with van der Waals surface area (Å²) in [5.41, 5.74) is 1.49. The van der Waals surface area contributed by atoms with Gasteiger partial charge in [-0.15, -0.1) is 0 Å². The third kappa shape index (κ3) is 4.74. The van der Waals surface area contributed by atoms with E-state index in [1.807, 2.05) is 0 Å². The Hall–Kier alpha value is -1.02. The molecule has 0 bridgehead atoms. The highest BCUT2D eigenvalue weighted by molar-refractivity contribution is 5.30. The second kappa shape index (κ2) is 7.84. The molecule has 1 aliphatic carbocycles. The van der Waals surface area contributed by atoms with Gasteiger partial charge in [0.2, 0.25) is 0 Å². The molecule has 1 aromatic rings. The minimum absolute atomic E-state index is 0.243. The topological polar surface area (TPSA) is 21.3 Å². The van der Waals surface area contributed by atoms with E-state index in [0.717, 1.165) is 30.7 Å². The highest BCUT2D eigenvalue weighted by Gasteiger charge is 2.29. The Morgan fingerprint density at radius 2 is 1.90 bits per heavy atom. The molecule has 0 radical (unpaired) electrons. The van der Waals surface area contributed by atoms with Crippen molar-refractivity contribution in [2.24, 2.45) is 11.8 Å². The molecule has 2 heteroatoms. The van der Waals surface area contributed by atoms with Gasteiger partial charge in [-0.3, -0.25) is 0 Å². The average molecular weight is 289 g/mol. The van der Waals surface area contributed by atoms with Crippen LogP contribution in [-0.2, 0) is 0 Å². The molecule has 2 rings (SSSR count). The maximum atomic E-state index is 5.76. The summed E-state index contributed by atoms with van der Waals surface area (Å²) in [6.07, 6.45) is 4.29. The first kappa shape index (κ1) is 16.4. The minimum Gasteiger partial charge on any atom is -0.491 e. The van der Waals surface area contributed by atoms with Gasteiger partial charge < -0.3 is 10.1 Å². The van der Waals surface area contributed by atoms with E-state index in [-0.39, 0.29) is 6.10 Å². The van der Waals surface area contributed by atoms with Gasteiger partial charge in [-0.25, -0.2) is 0 Å². The van der Waals surface area contributed by atoms with Crippen LogP contribution in [0.4, 0.5) is 0 Å². The number of ether oxygens (including phenoxy) is 1. The fourth-order valence-electron chi connectivity index (χ4n) is 3.49. The number of benzene rings is 1. The SMILES string of the molecule is CCNCC1CCC(C)CC1c1ccc(OC(C)C)cc1. The van der Waals surface area contributed by atoms with Crippen molar-refractivity contribution in [1.82, 2.24) is 5.32 Å². The third-order valence-electron chi connectivity index (χ3n) is 4.59. The van der Waals surface area contributed by atoms with Gasteiger partial charge in [-0.05, 0) is 75.2 Å². The summed E-state index contributed by atoms with van der Waals surface area (Å²) in [6, 6.07) is 8.83. The average Bonchev–Trinajstić information content (AvgIpc) is 2.46. The highest BCUT2D eigenvalue weighted by Crippen LogP contribution is 2.40. The van der Waals surface area contributed by atoms with Crippen molar-refractivity contribution >= 4 is 0 Å². The highest BCUT2D eigenvalue weighted by atomic mass is 16.5. The first-order valence-electron chi connectivity index (χ1n) is 8.57. The van der Waals surface area contributed by atoms with E-state index < -0.39 is 0 Å². The number of hydrogen-bond donors (Lipinski definition) is 1. The predicted molar refractivity (Wildman–Crippen MR) is 90.0 cm³/mol. The minimum atomic E-state index is 0.243. The van der Waals surface area contributed by atoms with Crippen LogP contribution in [0, 0.1) is 11.8 Å². The van der Waals surface area contributed by atoms with E-state index in [4.69, 9.17) is 4.74 Å². The van der Waals surface area contributed by atoms with E-state index in [2.05, 4.69) is 57.3 Å². The fourth-order valence-corrected chi connectivity index (χ4v) is 3.49. The first-order chi connectivity index (χ1) is 10.1. The van der Waals surface area contributed by atoms with Crippen molar-refractivity contribution in [3.63, 3.8) is 0 Å². The van der Waals surface area contributed by atoms with Gasteiger partial charge >= 0.3 is 0 Å². The number of nitrogens with one attached hydrogen (secondary N) is 1. The molecule has 3 atom stereocenters. The van der Waals surface area contributed by atoms with Crippen LogP contribution in [0.25, 0.3) is 0 Å². The van der Waals surface area contributed by atoms with E-state index in [0.29, 0.717) is 5.92 Å². The molecule has 3 unspecified atom stereocenters. The van der Waals surface area contributed by atoms with Crippen LogP contribution in [0.2, 0.25) is 0 Å². The zero-order valence-electron chi connectivity index (χ0n) is 14.1. The first-order valence-corrected chi connectivity index (χ1v) is 8.57. The smallest absolute Gasteiger partial charge is 0.119 e. The van der Waals surface area contributed by atoms with Gasteiger partial charge in [-0.2, -0.15) is 0 Å². The lowest BCUT2D eigenvalue weighted by Gasteiger charge is -2.35. The van der Waals surface area contributed by atoms with Crippen LogP contribution >= 0.6 is 0 Å². The lowest BCUT2D eigenvalue weighted by Crippen LogP contribution is -2.31. The Morgan fingerprint density at radius 3 is 2.52 bits per heavy atom. The Labute approximate surface area is 130 Å². The number of rotatable bonds is 6. The molecule has 21 heavy (non-hydrogen) atoms. The molecule has 1 saturated carbocycles. The summed E-state index contributed by atoms with van der Waals surface area (Å²) in [4.78, 5) is 0. The normalized spacial score (nSPS) is 26.0. The molecule has 118 valence electrons. The fraction of sp³-hybridized carbons (Fsp3) is 0.684. The molecule has 0 amide bonds. The van der Waals surface area contributed by atoms with Crippen LogP contribution in [-0.4, -0.2) is 19.2 Å². The van der Waals surface area contributed by atoms with Gasteiger partial charge in [0.15, 0.2) is 0 Å². The number of hydrogen-bond acceptors (Lipinski definition) is 2. The molecule has 1 aromatic carbocycles. The van der Waals surface area contributed by atoms with Crippen LogP contribution < -0.4 is 10.1 Å². The summed E-state index contributed by atoms with van der Waals surface area (Å²) in [5, 5.41) is 3.55. The predicted octanol–water partition coefficient (Wildman–Crippen LogP) is 4.60. The van der Waals surface area contributed by atoms with E-state index in [1.165, 1.54) is 24.8 Å². The van der Waals surface area contributed by atoms with Crippen LogP contribution in [0.15, 0.2) is 24.3 Å². The quantitative estimate of drug-likeness (QED) is 0.826. The van der Waals surface area contributed by atoms with Gasteiger partial charge in [-0.1, -0.05) is 32.4 Å². The zero-order chi connectivity index (χ0) is 15.2. The van der Waals surface area contributed by atoms with Crippen molar-refractivity contribution in [2.75, 3.05) is 13.1 Å². The Bertz CT molecular complexity index is 410. The van der Waals surface area contributed by atoms with Crippen LogP contribution in [0.5, 0.6) is 5.75 Å². The molecule has 0 aliphatic heterocycles. The molecule has 0 heterocycles. The molecular formula is C19H31NO. The van der Waals surface area contributed by atoms with E-state index in [9.17, 15) is 0 Å². The second-order valence-corrected chi connectivity index (χ2v) is 6.83. The molecule has 1 aliphatic rings. The largest absolute Gasteiger partial charge is 0.491 e. The van der Waals surface area contributed by atoms with E-state index >= 15 is 0 Å².